The Labute approximate surface area is 404 Å². The Bertz CT molecular complexity index is 1190. The van der Waals surface area contributed by atoms with Crippen LogP contribution in [0.5, 0.6) is 0 Å². The van der Waals surface area contributed by atoms with Crippen molar-refractivity contribution in [2.45, 2.75) is 288 Å². The van der Waals surface area contributed by atoms with E-state index in [9.17, 15) is 35.4 Å². The molecule has 1 saturated heterocycles. The minimum Gasteiger partial charge on any atom is -0.394 e. The molecular formula is C56H103NO9. The molecule has 1 aliphatic heterocycles. The molecule has 0 aromatic rings. The van der Waals surface area contributed by atoms with E-state index in [0.29, 0.717) is 19.3 Å². The van der Waals surface area contributed by atoms with Crippen molar-refractivity contribution in [3.63, 3.8) is 0 Å². The van der Waals surface area contributed by atoms with E-state index in [1.807, 2.05) is 6.08 Å². The number of aliphatic hydroxyl groups is 6. The summed E-state index contributed by atoms with van der Waals surface area (Å²) >= 11 is 0. The maximum Gasteiger partial charge on any atom is 0.249 e. The molecule has 7 N–H and O–H groups in total. The zero-order valence-electron chi connectivity index (χ0n) is 42.3. The van der Waals surface area contributed by atoms with Crippen molar-refractivity contribution in [2.75, 3.05) is 13.2 Å². The molecular weight excluding hydrogens is 831 g/mol. The van der Waals surface area contributed by atoms with E-state index in [-0.39, 0.29) is 6.61 Å². The third kappa shape index (κ3) is 34.4. The number of allylic oxidation sites excluding steroid dienone is 7. The van der Waals surface area contributed by atoms with Gasteiger partial charge in [-0.05, 0) is 70.6 Å². The van der Waals surface area contributed by atoms with Gasteiger partial charge in [-0.3, -0.25) is 4.79 Å². The lowest BCUT2D eigenvalue weighted by Gasteiger charge is -2.40. The predicted octanol–water partition coefficient (Wildman–Crippen LogP) is 11.9. The van der Waals surface area contributed by atoms with Gasteiger partial charge < -0.3 is 45.4 Å². The Hall–Kier alpha value is -1.89. The summed E-state index contributed by atoms with van der Waals surface area (Å²) in [6, 6.07) is -1.00. The number of hydrogen-bond acceptors (Lipinski definition) is 9. The van der Waals surface area contributed by atoms with E-state index in [0.717, 1.165) is 44.9 Å². The van der Waals surface area contributed by atoms with Gasteiger partial charge in [0.15, 0.2) is 6.29 Å². The molecule has 1 fully saturated rings. The van der Waals surface area contributed by atoms with Crippen molar-refractivity contribution in [2.24, 2.45) is 0 Å². The first-order chi connectivity index (χ1) is 32.3. The highest BCUT2D eigenvalue weighted by Gasteiger charge is 2.44. The Morgan fingerprint density at radius 2 is 0.894 bits per heavy atom. The lowest BCUT2D eigenvalue weighted by atomic mass is 9.99. The number of unbranched alkanes of at least 4 members (excludes halogenated alkanes) is 29. The number of ether oxygens (including phenoxy) is 2. The van der Waals surface area contributed by atoms with Crippen LogP contribution < -0.4 is 5.32 Å². The van der Waals surface area contributed by atoms with Crippen molar-refractivity contribution < 1.29 is 44.9 Å². The number of aliphatic hydroxyl groups excluding tert-OH is 6. The van der Waals surface area contributed by atoms with E-state index >= 15 is 0 Å². The van der Waals surface area contributed by atoms with Crippen LogP contribution in [0, 0.1) is 0 Å². The normalized spacial score (nSPS) is 20.6. The molecule has 0 spiro atoms. The van der Waals surface area contributed by atoms with Crippen molar-refractivity contribution in [1.29, 1.82) is 0 Å². The van der Waals surface area contributed by atoms with Crippen LogP contribution in [-0.4, -0.2) is 98.7 Å². The van der Waals surface area contributed by atoms with Crippen LogP contribution in [0.25, 0.3) is 0 Å². The van der Waals surface area contributed by atoms with Crippen molar-refractivity contribution in [1.82, 2.24) is 5.32 Å². The van der Waals surface area contributed by atoms with Crippen molar-refractivity contribution in [3.05, 3.63) is 48.6 Å². The van der Waals surface area contributed by atoms with Gasteiger partial charge in [0.25, 0.3) is 0 Å². The molecule has 1 aliphatic rings. The van der Waals surface area contributed by atoms with Crippen LogP contribution in [0.3, 0.4) is 0 Å². The van der Waals surface area contributed by atoms with E-state index < -0.39 is 61.5 Å². The number of carbonyl (C=O) groups is 1. The lowest BCUT2D eigenvalue weighted by molar-refractivity contribution is -0.302. The molecule has 10 nitrogen and oxygen atoms in total. The van der Waals surface area contributed by atoms with E-state index in [4.69, 9.17) is 9.47 Å². The zero-order chi connectivity index (χ0) is 48.1. The molecule has 0 radical (unpaired) electrons. The minimum absolute atomic E-state index is 0.299. The fraction of sp³-hybridized carbons (Fsp3) is 0.839. The molecule has 8 unspecified atom stereocenters. The van der Waals surface area contributed by atoms with E-state index in [1.165, 1.54) is 161 Å². The topological polar surface area (TPSA) is 169 Å². The average molecular weight is 934 g/mol. The smallest absolute Gasteiger partial charge is 0.249 e. The highest BCUT2D eigenvalue weighted by Crippen LogP contribution is 2.23. The second kappa shape index (κ2) is 45.5. The molecule has 1 heterocycles. The number of rotatable bonds is 46. The van der Waals surface area contributed by atoms with Gasteiger partial charge in [0.1, 0.15) is 30.5 Å². The van der Waals surface area contributed by atoms with Crippen molar-refractivity contribution >= 4 is 5.91 Å². The molecule has 0 aliphatic carbocycles. The first-order valence-corrected chi connectivity index (χ1v) is 27.5. The van der Waals surface area contributed by atoms with Crippen LogP contribution in [-0.2, 0) is 14.3 Å². The number of amides is 1. The third-order valence-electron chi connectivity index (χ3n) is 13.0. The van der Waals surface area contributed by atoms with Crippen LogP contribution in [0.4, 0.5) is 0 Å². The molecule has 386 valence electrons. The van der Waals surface area contributed by atoms with Crippen molar-refractivity contribution in [3.8, 4) is 0 Å². The first kappa shape index (κ1) is 62.1. The monoisotopic (exact) mass is 934 g/mol. The van der Waals surface area contributed by atoms with E-state index in [1.54, 1.807) is 6.08 Å². The summed E-state index contributed by atoms with van der Waals surface area (Å²) < 4.78 is 11.1. The Morgan fingerprint density at radius 3 is 1.33 bits per heavy atom. The highest BCUT2D eigenvalue weighted by atomic mass is 16.7. The second-order valence-electron chi connectivity index (χ2n) is 19.1. The van der Waals surface area contributed by atoms with Crippen LogP contribution >= 0.6 is 0 Å². The molecule has 1 rings (SSSR count). The van der Waals surface area contributed by atoms with Gasteiger partial charge in [0.2, 0.25) is 5.91 Å². The summed E-state index contributed by atoms with van der Waals surface area (Å²) in [4.78, 5) is 13.1. The molecule has 10 heteroatoms. The van der Waals surface area contributed by atoms with Gasteiger partial charge >= 0.3 is 0 Å². The SMILES string of the molecule is CCCCCC/C=C/CC/C=C/CC/C=C/C(O)C(COC1OC(CO)C(O)C(O)C1O)NC(=O)C(O)CCCCCCCCCCCCC/C=C\CCCCCCCCCCCCCC. The average Bonchev–Trinajstić information content (AvgIpc) is 3.32. The highest BCUT2D eigenvalue weighted by molar-refractivity contribution is 5.80. The van der Waals surface area contributed by atoms with Gasteiger partial charge in [0, 0.05) is 0 Å². The second-order valence-corrected chi connectivity index (χ2v) is 19.1. The number of nitrogens with one attached hydrogen (secondary N) is 1. The third-order valence-corrected chi connectivity index (χ3v) is 13.0. The van der Waals surface area contributed by atoms with Crippen LogP contribution in [0.15, 0.2) is 48.6 Å². The van der Waals surface area contributed by atoms with Crippen LogP contribution in [0.2, 0.25) is 0 Å². The largest absolute Gasteiger partial charge is 0.394 e. The zero-order valence-corrected chi connectivity index (χ0v) is 42.3. The molecule has 66 heavy (non-hydrogen) atoms. The van der Waals surface area contributed by atoms with Gasteiger partial charge in [-0.1, -0.05) is 217 Å². The standard InChI is InChI=1S/C56H103NO9/c1-3-5-7-9-11-13-15-17-19-20-21-22-23-24-25-26-27-28-29-30-31-33-35-37-39-41-43-45-50(60)55(64)57-48(47-65-56-54(63)53(62)52(61)51(46-58)66-56)49(59)44-42-40-38-36-34-32-18-16-14-12-10-8-6-4-2/h14,16,24-25,34,36,42,44,48-54,56,58-63H,3-13,15,17-23,26-33,35,37-41,43,45-47H2,1-2H3,(H,57,64)/b16-14+,25-24-,36-34+,44-42+. The number of hydrogen-bond donors (Lipinski definition) is 7. The van der Waals surface area contributed by atoms with E-state index in [2.05, 4.69) is 55.6 Å². The van der Waals surface area contributed by atoms with Gasteiger partial charge in [-0.2, -0.15) is 0 Å². The summed E-state index contributed by atoms with van der Waals surface area (Å²) in [6.45, 7) is 3.58. The summed E-state index contributed by atoms with van der Waals surface area (Å²) in [7, 11) is 0. The molecule has 0 bridgehead atoms. The predicted molar refractivity (Wildman–Crippen MR) is 273 cm³/mol. The molecule has 8 atom stereocenters. The first-order valence-electron chi connectivity index (χ1n) is 27.5. The molecule has 0 aromatic heterocycles. The number of carbonyl (C=O) groups excluding carboxylic acids is 1. The van der Waals surface area contributed by atoms with Gasteiger partial charge in [-0.25, -0.2) is 0 Å². The fourth-order valence-corrected chi connectivity index (χ4v) is 8.48. The summed E-state index contributed by atoms with van der Waals surface area (Å²) in [6.07, 6.45) is 49.3. The summed E-state index contributed by atoms with van der Waals surface area (Å²) in [5, 5.41) is 64.8. The maximum absolute atomic E-state index is 13.1. The molecule has 0 aromatic carbocycles. The van der Waals surface area contributed by atoms with Gasteiger partial charge in [0.05, 0.1) is 25.4 Å². The maximum atomic E-state index is 13.1. The fourth-order valence-electron chi connectivity index (χ4n) is 8.48. The molecule has 1 amide bonds. The Morgan fingerprint density at radius 1 is 0.515 bits per heavy atom. The minimum atomic E-state index is -1.62. The summed E-state index contributed by atoms with van der Waals surface area (Å²) in [5.74, 6) is -0.631. The van der Waals surface area contributed by atoms with Crippen LogP contribution in [0.1, 0.15) is 239 Å². The summed E-state index contributed by atoms with van der Waals surface area (Å²) in [5.41, 5.74) is 0. The van der Waals surface area contributed by atoms with Gasteiger partial charge in [-0.15, -0.1) is 0 Å². The quantitative estimate of drug-likeness (QED) is 0.0232. The molecule has 0 saturated carbocycles. The Balaban J connectivity index is 2.26. The Kier molecular flexibility index (Phi) is 42.9. The lowest BCUT2D eigenvalue weighted by Crippen LogP contribution is -2.60.